The van der Waals surface area contributed by atoms with Gasteiger partial charge in [0.25, 0.3) is 0 Å². The van der Waals surface area contributed by atoms with Crippen molar-refractivity contribution in [3.8, 4) is 0 Å². The molecule has 1 aromatic rings. The molecule has 3 rings (SSSR count). The molecule has 0 aliphatic carbocycles. The molecule has 0 radical (unpaired) electrons. The van der Waals surface area contributed by atoms with Gasteiger partial charge in [-0.25, -0.2) is 4.39 Å². The van der Waals surface area contributed by atoms with E-state index in [1.165, 1.54) is 0 Å². The van der Waals surface area contributed by atoms with Gasteiger partial charge in [0, 0.05) is 17.7 Å². The fourth-order valence-electron chi connectivity index (χ4n) is 3.77. The van der Waals surface area contributed by atoms with Gasteiger partial charge in [0.05, 0.1) is 16.1 Å². The maximum Gasteiger partial charge on any atom is 0.139 e. The highest BCUT2D eigenvalue weighted by atomic mass is 79.9. The summed E-state index contributed by atoms with van der Waals surface area (Å²) in [5.41, 5.74) is 1.81. The molecule has 2 nitrogen and oxygen atoms in total. The van der Waals surface area contributed by atoms with Crippen molar-refractivity contribution in [1.29, 1.82) is 0 Å². The zero-order valence-corrected chi connectivity index (χ0v) is 13.1. The molecule has 0 amide bonds. The minimum atomic E-state index is -0.221. The molecule has 0 aromatic heterocycles. The maximum absolute atomic E-state index is 13.8. The highest BCUT2D eigenvalue weighted by Gasteiger charge is 2.51. The average molecular weight is 328 g/mol. The topological polar surface area (TPSA) is 21.3 Å². The fraction of sp³-hybridized carbons (Fsp3) is 0.600. The van der Waals surface area contributed by atoms with E-state index in [-0.39, 0.29) is 22.9 Å². The standard InChI is InChI=1S/C15H19BrFNO/c1-14(2)13-15(3,5-4-6-19-13)9-7-10(16)11(17)8-12(9)18-14/h7-8,13,18H,4-6H2,1-3H3. The third kappa shape index (κ3) is 1.91. The van der Waals surface area contributed by atoms with Crippen LogP contribution < -0.4 is 5.32 Å². The van der Waals surface area contributed by atoms with E-state index < -0.39 is 0 Å². The molecule has 0 saturated carbocycles. The van der Waals surface area contributed by atoms with Gasteiger partial charge in [-0.15, -0.1) is 0 Å². The van der Waals surface area contributed by atoms with Crippen LogP contribution in [0.3, 0.4) is 0 Å². The third-order valence-electron chi connectivity index (χ3n) is 4.49. The summed E-state index contributed by atoms with van der Waals surface area (Å²) in [5.74, 6) is -0.221. The van der Waals surface area contributed by atoms with Gasteiger partial charge in [-0.2, -0.15) is 0 Å². The molecule has 1 fully saturated rings. The number of nitrogens with one attached hydrogen (secondary N) is 1. The summed E-state index contributed by atoms with van der Waals surface area (Å²) in [5, 5.41) is 3.44. The lowest BCUT2D eigenvalue weighted by atomic mass is 9.64. The van der Waals surface area contributed by atoms with E-state index in [0.29, 0.717) is 4.47 Å². The monoisotopic (exact) mass is 327 g/mol. The van der Waals surface area contributed by atoms with Crippen LogP contribution in [0.2, 0.25) is 0 Å². The van der Waals surface area contributed by atoms with Crippen molar-refractivity contribution in [3.63, 3.8) is 0 Å². The summed E-state index contributed by atoms with van der Waals surface area (Å²) in [6.45, 7) is 7.31. The Morgan fingerprint density at radius 1 is 1.37 bits per heavy atom. The third-order valence-corrected chi connectivity index (χ3v) is 5.10. The van der Waals surface area contributed by atoms with Crippen LogP contribution in [0.25, 0.3) is 0 Å². The van der Waals surface area contributed by atoms with Crippen LogP contribution in [-0.4, -0.2) is 18.2 Å². The predicted octanol–water partition coefficient (Wildman–Crippen LogP) is 4.23. The second-order valence-electron chi connectivity index (χ2n) is 6.43. The summed E-state index contributed by atoms with van der Waals surface area (Å²) in [7, 11) is 0. The fourth-order valence-corrected chi connectivity index (χ4v) is 4.12. The Kier molecular flexibility index (Phi) is 2.95. The van der Waals surface area contributed by atoms with Gasteiger partial charge >= 0.3 is 0 Å². The molecule has 19 heavy (non-hydrogen) atoms. The second kappa shape index (κ2) is 4.19. The zero-order chi connectivity index (χ0) is 13.8. The van der Waals surface area contributed by atoms with Crippen molar-refractivity contribution < 1.29 is 9.13 Å². The van der Waals surface area contributed by atoms with E-state index in [9.17, 15) is 4.39 Å². The van der Waals surface area contributed by atoms with Gasteiger partial charge in [0.1, 0.15) is 5.82 Å². The van der Waals surface area contributed by atoms with Crippen LogP contribution in [0.1, 0.15) is 39.2 Å². The molecule has 2 aliphatic rings. The SMILES string of the molecule is CC1(C)Nc2cc(F)c(Br)cc2C2(C)CCCOC12. The van der Waals surface area contributed by atoms with Crippen LogP contribution in [0.5, 0.6) is 0 Å². The summed E-state index contributed by atoms with van der Waals surface area (Å²) in [6, 6.07) is 3.51. The first-order valence-electron chi connectivity index (χ1n) is 6.74. The van der Waals surface area contributed by atoms with Crippen LogP contribution >= 0.6 is 15.9 Å². The molecule has 104 valence electrons. The van der Waals surface area contributed by atoms with E-state index in [1.807, 2.05) is 6.07 Å². The molecule has 2 unspecified atom stereocenters. The number of anilines is 1. The number of ether oxygens (including phenoxy) is 1. The smallest absolute Gasteiger partial charge is 0.139 e. The summed E-state index contributed by atoms with van der Waals surface area (Å²) >= 11 is 3.30. The lowest BCUT2D eigenvalue weighted by molar-refractivity contribution is -0.0721. The Labute approximate surface area is 121 Å². The molecule has 2 aliphatic heterocycles. The maximum atomic E-state index is 13.8. The Hall–Kier alpha value is -0.610. The van der Waals surface area contributed by atoms with Gasteiger partial charge < -0.3 is 10.1 Å². The van der Waals surface area contributed by atoms with Crippen molar-refractivity contribution in [2.45, 2.75) is 50.7 Å². The Morgan fingerprint density at radius 3 is 2.84 bits per heavy atom. The summed E-state index contributed by atoms with van der Waals surface area (Å²) in [6.07, 6.45) is 2.24. The molecule has 0 bridgehead atoms. The van der Waals surface area contributed by atoms with E-state index in [2.05, 4.69) is 42.0 Å². The lowest BCUT2D eigenvalue weighted by Gasteiger charge is -2.54. The lowest BCUT2D eigenvalue weighted by Crippen LogP contribution is -2.61. The number of rotatable bonds is 0. The summed E-state index contributed by atoms with van der Waals surface area (Å²) in [4.78, 5) is 0. The van der Waals surface area contributed by atoms with Crippen LogP contribution in [-0.2, 0) is 10.2 Å². The van der Waals surface area contributed by atoms with Crippen LogP contribution in [0, 0.1) is 5.82 Å². The van der Waals surface area contributed by atoms with Crippen molar-refractivity contribution in [2.75, 3.05) is 11.9 Å². The Balaban J connectivity index is 2.20. The minimum Gasteiger partial charge on any atom is -0.377 e. The minimum absolute atomic E-state index is 0.0570. The molecule has 1 N–H and O–H groups in total. The molecule has 1 saturated heterocycles. The molecule has 4 heteroatoms. The van der Waals surface area contributed by atoms with Gasteiger partial charge in [-0.3, -0.25) is 0 Å². The van der Waals surface area contributed by atoms with Crippen LogP contribution in [0.15, 0.2) is 16.6 Å². The van der Waals surface area contributed by atoms with Gasteiger partial charge in [0.2, 0.25) is 0 Å². The number of halogens is 2. The first-order chi connectivity index (χ1) is 8.84. The first kappa shape index (κ1) is 13.4. The number of benzene rings is 1. The number of fused-ring (bicyclic) bond motifs is 3. The molecule has 1 aromatic carbocycles. The normalized spacial score (nSPS) is 32.2. The quantitative estimate of drug-likeness (QED) is 0.770. The molecule has 0 spiro atoms. The van der Waals surface area contributed by atoms with E-state index in [0.717, 1.165) is 30.7 Å². The van der Waals surface area contributed by atoms with Crippen molar-refractivity contribution in [2.24, 2.45) is 0 Å². The van der Waals surface area contributed by atoms with E-state index in [4.69, 9.17) is 4.74 Å². The van der Waals surface area contributed by atoms with Gasteiger partial charge in [-0.05, 0) is 60.3 Å². The van der Waals surface area contributed by atoms with Gasteiger partial charge in [0.15, 0.2) is 0 Å². The Bertz CT molecular complexity index is 531. The highest BCUT2D eigenvalue weighted by Crippen LogP contribution is 2.50. The predicted molar refractivity (Wildman–Crippen MR) is 78.1 cm³/mol. The van der Waals surface area contributed by atoms with Crippen molar-refractivity contribution >= 4 is 21.6 Å². The van der Waals surface area contributed by atoms with E-state index in [1.54, 1.807) is 6.07 Å². The average Bonchev–Trinajstić information content (AvgIpc) is 2.32. The first-order valence-corrected chi connectivity index (χ1v) is 7.53. The second-order valence-corrected chi connectivity index (χ2v) is 7.28. The largest absolute Gasteiger partial charge is 0.377 e. The highest BCUT2D eigenvalue weighted by molar-refractivity contribution is 9.10. The van der Waals surface area contributed by atoms with E-state index >= 15 is 0 Å². The van der Waals surface area contributed by atoms with Crippen LogP contribution in [0.4, 0.5) is 10.1 Å². The van der Waals surface area contributed by atoms with Gasteiger partial charge in [-0.1, -0.05) is 6.92 Å². The van der Waals surface area contributed by atoms with Crippen molar-refractivity contribution in [3.05, 3.63) is 28.0 Å². The molecule has 2 atom stereocenters. The van der Waals surface area contributed by atoms with Crippen molar-refractivity contribution in [1.82, 2.24) is 0 Å². The summed E-state index contributed by atoms with van der Waals surface area (Å²) < 4.78 is 20.4. The number of hydrogen-bond acceptors (Lipinski definition) is 2. The molecule has 2 heterocycles. The molecular weight excluding hydrogens is 309 g/mol. The Morgan fingerprint density at radius 2 is 2.11 bits per heavy atom. The zero-order valence-electron chi connectivity index (χ0n) is 11.5. The molecular formula is C15H19BrFNO. The number of hydrogen-bond donors (Lipinski definition) is 1.